The normalized spacial score (nSPS) is 16.4. The Bertz CT molecular complexity index is 434. The van der Waals surface area contributed by atoms with Gasteiger partial charge in [-0.15, -0.1) is 0 Å². The fraction of sp³-hybridized carbons (Fsp3) is 0.600. The summed E-state index contributed by atoms with van der Waals surface area (Å²) in [6.45, 7) is 5.18. The van der Waals surface area contributed by atoms with Crippen molar-refractivity contribution in [2.75, 3.05) is 46.9 Å². The summed E-state index contributed by atoms with van der Waals surface area (Å²) in [5.41, 5.74) is 1.24. The Morgan fingerprint density at radius 2 is 2.00 bits per heavy atom. The molecular weight excluding hydrogens is 259 g/mol. The lowest BCUT2D eigenvalue weighted by molar-refractivity contribution is 0.181. The van der Waals surface area contributed by atoms with Crippen molar-refractivity contribution in [2.45, 2.75) is 13.0 Å². The van der Waals surface area contributed by atoms with E-state index in [1.54, 1.807) is 20.3 Å². The third-order valence-corrected chi connectivity index (χ3v) is 3.69. The number of halogens is 1. The fourth-order valence-corrected chi connectivity index (χ4v) is 2.55. The van der Waals surface area contributed by atoms with Gasteiger partial charge in [0.2, 0.25) is 0 Å². The van der Waals surface area contributed by atoms with Gasteiger partial charge in [0.05, 0.1) is 13.7 Å². The van der Waals surface area contributed by atoms with Gasteiger partial charge in [0.15, 0.2) is 0 Å². The standard InChI is InChI=1S/C15H23FN2O2/c1-19-11-12-3-4-14(20-2)13(15(12)16)5-8-18-9-6-17-7-10-18/h3-4,17H,5-11H2,1-2H3. The molecule has 1 heterocycles. The van der Waals surface area contributed by atoms with E-state index in [1.165, 1.54) is 0 Å². The molecule has 1 fully saturated rings. The molecule has 1 saturated heterocycles. The highest BCUT2D eigenvalue weighted by Gasteiger charge is 2.16. The van der Waals surface area contributed by atoms with Crippen LogP contribution in [0.15, 0.2) is 12.1 Å². The van der Waals surface area contributed by atoms with Gasteiger partial charge in [-0.1, -0.05) is 6.07 Å². The van der Waals surface area contributed by atoms with E-state index < -0.39 is 0 Å². The Morgan fingerprint density at radius 3 is 2.65 bits per heavy atom. The van der Waals surface area contributed by atoms with Gasteiger partial charge in [0, 0.05) is 51.0 Å². The van der Waals surface area contributed by atoms with Crippen molar-refractivity contribution in [3.05, 3.63) is 29.1 Å². The molecule has 0 aromatic heterocycles. The minimum absolute atomic E-state index is 0.193. The number of hydrogen-bond donors (Lipinski definition) is 1. The number of nitrogens with one attached hydrogen (secondary N) is 1. The molecule has 0 bridgehead atoms. The zero-order valence-corrected chi connectivity index (χ0v) is 12.2. The van der Waals surface area contributed by atoms with Crippen LogP contribution in [0.5, 0.6) is 5.75 Å². The predicted molar refractivity (Wildman–Crippen MR) is 76.7 cm³/mol. The van der Waals surface area contributed by atoms with Crippen molar-refractivity contribution < 1.29 is 13.9 Å². The molecule has 4 nitrogen and oxygen atoms in total. The molecule has 1 aliphatic rings. The number of benzene rings is 1. The maximum Gasteiger partial charge on any atom is 0.135 e. The van der Waals surface area contributed by atoms with Crippen molar-refractivity contribution in [1.29, 1.82) is 0 Å². The molecular formula is C15H23FN2O2. The molecule has 0 amide bonds. The molecule has 1 aromatic rings. The highest BCUT2D eigenvalue weighted by atomic mass is 19.1. The first-order chi connectivity index (χ1) is 9.76. The molecule has 0 unspecified atom stereocenters. The van der Waals surface area contributed by atoms with Gasteiger partial charge in [0.1, 0.15) is 11.6 Å². The summed E-state index contributed by atoms with van der Waals surface area (Å²) in [6.07, 6.45) is 0.659. The smallest absolute Gasteiger partial charge is 0.135 e. The number of nitrogens with zero attached hydrogens (tertiary/aromatic N) is 1. The second-order valence-electron chi connectivity index (χ2n) is 4.99. The number of rotatable bonds is 6. The molecule has 5 heteroatoms. The monoisotopic (exact) mass is 282 g/mol. The molecule has 1 N–H and O–H groups in total. The largest absolute Gasteiger partial charge is 0.496 e. The zero-order valence-electron chi connectivity index (χ0n) is 12.2. The second kappa shape index (κ2) is 7.57. The third-order valence-electron chi connectivity index (χ3n) is 3.69. The molecule has 0 radical (unpaired) electrons. The van der Waals surface area contributed by atoms with Gasteiger partial charge >= 0.3 is 0 Å². The molecule has 0 spiro atoms. The highest BCUT2D eigenvalue weighted by Crippen LogP contribution is 2.25. The maximum atomic E-state index is 14.5. The van der Waals surface area contributed by atoms with Crippen LogP contribution in [0.2, 0.25) is 0 Å². The minimum atomic E-state index is -0.193. The van der Waals surface area contributed by atoms with Crippen LogP contribution >= 0.6 is 0 Å². The van der Waals surface area contributed by atoms with Gasteiger partial charge in [-0.05, 0) is 12.5 Å². The summed E-state index contributed by atoms with van der Waals surface area (Å²) in [5.74, 6) is 0.429. The minimum Gasteiger partial charge on any atom is -0.496 e. The molecule has 112 valence electrons. The summed E-state index contributed by atoms with van der Waals surface area (Å²) in [4.78, 5) is 2.35. The SMILES string of the molecule is COCc1ccc(OC)c(CCN2CCNCC2)c1F. The summed E-state index contributed by atoms with van der Waals surface area (Å²) < 4.78 is 24.8. The average molecular weight is 282 g/mol. The first-order valence-electron chi connectivity index (χ1n) is 7.02. The molecule has 20 heavy (non-hydrogen) atoms. The van der Waals surface area contributed by atoms with E-state index in [2.05, 4.69) is 10.2 Å². The summed E-state index contributed by atoms with van der Waals surface area (Å²) >= 11 is 0. The van der Waals surface area contributed by atoms with E-state index in [4.69, 9.17) is 9.47 Å². The van der Waals surface area contributed by atoms with Gasteiger partial charge in [-0.25, -0.2) is 4.39 Å². The molecule has 1 aromatic carbocycles. The lowest BCUT2D eigenvalue weighted by atomic mass is 10.1. The number of piperazine rings is 1. The van der Waals surface area contributed by atoms with Crippen molar-refractivity contribution >= 4 is 0 Å². The molecule has 0 atom stereocenters. The summed E-state index contributed by atoms with van der Waals surface area (Å²) in [7, 11) is 3.16. The lowest BCUT2D eigenvalue weighted by Gasteiger charge is -2.27. The number of methoxy groups -OCH3 is 2. The van der Waals surface area contributed by atoms with Crippen molar-refractivity contribution in [1.82, 2.24) is 10.2 Å². The Hall–Kier alpha value is -1.17. The van der Waals surface area contributed by atoms with E-state index in [9.17, 15) is 4.39 Å². The van der Waals surface area contributed by atoms with E-state index in [0.29, 0.717) is 23.3 Å². The van der Waals surface area contributed by atoms with Crippen molar-refractivity contribution in [2.24, 2.45) is 0 Å². The van der Waals surface area contributed by atoms with Gasteiger partial charge < -0.3 is 19.7 Å². The summed E-state index contributed by atoms with van der Waals surface area (Å²) in [6, 6.07) is 3.55. The average Bonchev–Trinajstić information content (AvgIpc) is 2.49. The molecule has 2 rings (SSSR count). The van der Waals surface area contributed by atoms with E-state index >= 15 is 0 Å². The zero-order chi connectivity index (χ0) is 14.4. The lowest BCUT2D eigenvalue weighted by Crippen LogP contribution is -2.44. The third kappa shape index (κ3) is 3.69. The summed E-state index contributed by atoms with van der Waals surface area (Å²) in [5, 5.41) is 3.32. The van der Waals surface area contributed by atoms with Crippen LogP contribution in [0.25, 0.3) is 0 Å². The van der Waals surface area contributed by atoms with Crippen LogP contribution in [0.4, 0.5) is 4.39 Å². The highest BCUT2D eigenvalue weighted by molar-refractivity contribution is 5.39. The first-order valence-corrected chi connectivity index (χ1v) is 7.02. The Labute approximate surface area is 119 Å². The van der Waals surface area contributed by atoms with Gasteiger partial charge in [0.25, 0.3) is 0 Å². The predicted octanol–water partition coefficient (Wildman–Crippen LogP) is 1.43. The maximum absolute atomic E-state index is 14.5. The van der Waals surface area contributed by atoms with Crippen LogP contribution in [0.1, 0.15) is 11.1 Å². The molecule has 0 aliphatic carbocycles. The van der Waals surface area contributed by atoms with Gasteiger partial charge in [-0.2, -0.15) is 0 Å². The Kier molecular flexibility index (Phi) is 5.76. The topological polar surface area (TPSA) is 33.7 Å². The number of hydrogen-bond acceptors (Lipinski definition) is 4. The molecule has 1 aliphatic heterocycles. The Balaban J connectivity index is 2.09. The number of ether oxygens (including phenoxy) is 2. The van der Waals surface area contributed by atoms with Crippen LogP contribution in [0, 0.1) is 5.82 Å². The fourth-order valence-electron chi connectivity index (χ4n) is 2.55. The van der Waals surface area contributed by atoms with E-state index in [1.807, 2.05) is 6.07 Å². The first kappa shape index (κ1) is 15.2. The van der Waals surface area contributed by atoms with Gasteiger partial charge in [-0.3, -0.25) is 0 Å². The van der Waals surface area contributed by atoms with Crippen LogP contribution in [-0.4, -0.2) is 51.8 Å². The van der Waals surface area contributed by atoms with Crippen LogP contribution < -0.4 is 10.1 Å². The van der Waals surface area contributed by atoms with E-state index in [0.717, 1.165) is 32.7 Å². The van der Waals surface area contributed by atoms with Crippen molar-refractivity contribution in [3.8, 4) is 5.75 Å². The second-order valence-corrected chi connectivity index (χ2v) is 4.99. The van der Waals surface area contributed by atoms with Crippen LogP contribution in [-0.2, 0) is 17.8 Å². The molecule has 0 saturated carbocycles. The van der Waals surface area contributed by atoms with Crippen LogP contribution in [0.3, 0.4) is 0 Å². The Morgan fingerprint density at radius 1 is 1.25 bits per heavy atom. The van der Waals surface area contributed by atoms with E-state index in [-0.39, 0.29) is 12.4 Å². The quantitative estimate of drug-likeness (QED) is 0.856. The van der Waals surface area contributed by atoms with Crippen molar-refractivity contribution in [3.63, 3.8) is 0 Å².